The van der Waals surface area contributed by atoms with Gasteiger partial charge in [0, 0.05) is 195 Å². The Labute approximate surface area is 832 Å². The van der Waals surface area contributed by atoms with Gasteiger partial charge in [-0.15, -0.1) is 0 Å². The predicted octanol–water partition coefficient (Wildman–Crippen LogP) is 13.0. The first-order valence-corrected chi connectivity index (χ1v) is 48.8. The van der Waals surface area contributed by atoms with E-state index in [9.17, 15) is 34.5 Å². The number of hydrogen-bond donors (Lipinski definition) is 12. The average molecular weight is 1970 g/mol. The third-order valence-corrected chi connectivity index (χ3v) is 28.6. The number of nitrogens with one attached hydrogen (secondary N) is 9. The number of hydrogen-bond acceptors (Lipinski definition) is 31. The molecule has 4 amide bonds. The molecule has 2 atom stereocenters. The number of halogens is 4. The molecule has 12 N–H and O–H groups in total. The Balaban J connectivity index is 0.000000129. The molecule has 20 rings (SSSR count). The Morgan fingerprint density at radius 2 is 0.707 bits per heavy atom. The van der Waals surface area contributed by atoms with Crippen molar-refractivity contribution in [3.05, 3.63) is 288 Å². The van der Waals surface area contributed by atoms with E-state index in [-0.39, 0.29) is 63.1 Å². The summed E-state index contributed by atoms with van der Waals surface area (Å²) in [5.74, 6) is 6.37. The minimum Gasteiger partial charge on any atom is -0.392 e. The number of fused-ring (bicyclic) bond motifs is 1. The summed E-state index contributed by atoms with van der Waals surface area (Å²) in [4.78, 5) is 125. The molecule has 5 aromatic carbocycles. The molecule has 2 unspecified atom stereocenters. The van der Waals surface area contributed by atoms with Crippen LogP contribution >= 0.6 is 46.4 Å². The molecule has 140 heavy (non-hydrogen) atoms. The van der Waals surface area contributed by atoms with Crippen molar-refractivity contribution in [3.63, 3.8) is 0 Å². The van der Waals surface area contributed by atoms with Gasteiger partial charge in [-0.3, -0.25) is 19.2 Å². The van der Waals surface area contributed by atoms with Gasteiger partial charge in [-0.25, -0.2) is 49.8 Å². The highest BCUT2D eigenvalue weighted by molar-refractivity contribution is 6.33. The predicted molar refractivity (Wildman–Crippen MR) is 539 cm³/mol. The van der Waals surface area contributed by atoms with Crippen LogP contribution in [-0.2, 0) is 72.2 Å². The van der Waals surface area contributed by atoms with Crippen LogP contribution in [-0.4, -0.2) is 188 Å². The number of rotatable bonds is 32. The Morgan fingerprint density at radius 3 is 1.03 bits per heavy atom. The Morgan fingerprint density at radius 1 is 0.371 bits per heavy atom. The number of aromatic nitrogens is 14. The van der Waals surface area contributed by atoms with Crippen molar-refractivity contribution in [2.75, 3.05) is 125 Å². The van der Waals surface area contributed by atoms with Crippen molar-refractivity contribution in [3.8, 4) is 0 Å². The zero-order valence-corrected chi connectivity index (χ0v) is 81.1. The van der Waals surface area contributed by atoms with E-state index in [1.54, 1.807) is 110 Å². The van der Waals surface area contributed by atoms with Crippen LogP contribution < -0.4 is 72.4 Å². The average Bonchev–Trinajstić information content (AvgIpc) is 1.63. The van der Waals surface area contributed by atoms with Crippen molar-refractivity contribution >= 4 is 123 Å². The molecular weight excluding hydrogens is 1860 g/mol. The molecular formula is C101H114Cl4N28O7. The van der Waals surface area contributed by atoms with Crippen LogP contribution in [0, 0.1) is 28.1 Å². The molecule has 12 aromatic rings. The maximum atomic E-state index is 13.1. The maximum Gasteiger partial charge on any atom is 0.256 e. The van der Waals surface area contributed by atoms with Crippen LogP contribution in [0.15, 0.2) is 183 Å². The number of amides is 4. The summed E-state index contributed by atoms with van der Waals surface area (Å²) in [7, 11) is 3.91. The molecule has 5 aliphatic heterocycles. The van der Waals surface area contributed by atoms with E-state index in [1.165, 1.54) is 38.5 Å². The van der Waals surface area contributed by atoms with Gasteiger partial charge in [-0.05, 0) is 180 Å². The summed E-state index contributed by atoms with van der Waals surface area (Å²) in [6.07, 6.45) is 29.9. The van der Waals surface area contributed by atoms with Gasteiger partial charge in [0.15, 0.2) is 0 Å². The number of aliphatic hydroxyl groups is 3. The fourth-order valence-corrected chi connectivity index (χ4v) is 19.3. The maximum absolute atomic E-state index is 13.1. The molecule has 8 aliphatic rings. The lowest BCUT2D eigenvalue weighted by atomic mass is 9.63. The standard InChI is InChI=1S/C26H30ClN7O2.C26H29ClN6O2.C25H28ClN7O2.C24H27ClN8O/c27-21-13-18(3-4-19(21)17-35)14-30-23-20(24(36)31-16-22-28-9-2-10-29-22)15-32-25(33-23)34-11-7-26(8-12-34)5-1-6-26;27-22-10-19(6-7-20(22)14-34)12-29-23-21(24(35)30-11-18-4-2-1-3-5-18)13-31-25(32-23)33-9-8-26(17-33)15-28-16-26;26-20-12-17(2-3-18(20)16-34)13-29-22-19(23(35)30-15-21-27-8-1-9-28-21)14-31-24(32-22)33-10-6-25(4-5-25)7-11-33;1-32(2)20-5-4-15(8-19(20)25)10-28-22-18(23(34)29-12-21-26-6-3-7-27-21)11-30-24(31-22)33-13-16-9-17(16)14-33/h2-4,9-10,13,15,35H,1,5-8,11-12,14,16-17H2,(H,31,36)(H,30,32,33);1-7,10,13,28,34H,8-9,11-12,14-17H2,(H,30,35)(H,29,31,32);1-3,8-9,12,14,34H,4-7,10-11,13,15-16H2,(H,30,35)(H,29,31,32);3-8,11,16-17H,9-10,12-14H2,1-2H3,(H,29,34)(H,28,30,31). The number of benzene rings is 5. The number of carbonyl (C=O) groups excluding carboxylic acids is 4. The summed E-state index contributed by atoms with van der Waals surface area (Å²) in [6, 6.07) is 37.4. The molecule has 39 heteroatoms. The number of carbonyl (C=O) groups is 4. The number of nitrogens with zero attached hydrogens (tertiary/aromatic N) is 19. The Hall–Kier alpha value is -13.3. The van der Waals surface area contributed by atoms with Crippen molar-refractivity contribution < 1.29 is 34.5 Å². The van der Waals surface area contributed by atoms with Crippen molar-refractivity contribution in [1.82, 2.24) is 96.4 Å². The van der Waals surface area contributed by atoms with Crippen molar-refractivity contribution in [2.24, 2.45) is 28.1 Å². The first-order chi connectivity index (χ1) is 68.1. The summed E-state index contributed by atoms with van der Waals surface area (Å²) in [6.45, 7) is 11.9. The third kappa shape index (κ3) is 25.3. The molecule has 12 heterocycles. The topological polar surface area (TPSA) is 434 Å². The van der Waals surface area contributed by atoms with Crippen LogP contribution in [0.5, 0.6) is 0 Å². The molecule has 35 nitrogen and oxygen atoms in total. The van der Waals surface area contributed by atoms with Gasteiger partial charge < -0.3 is 87.7 Å². The number of aliphatic hydroxyl groups excluding tert-OH is 3. The van der Waals surface area contributed by atoms with E-state index in [4.69, 9.17) is 66.3 Å². The second kappa shape index (κ2) is 45.8. The first-order valence-electron chi connectivity index (χ1n) is 47.3. The molecule has 728 valence electrons. The van der Waals surface area contributed by atoms with Crippen LogP contribution in [0.1, 0.15) is 174 Å². The minimum absolute atomic E-state index is 0.111. The van der Waals surface area contributed by atoms with Crippen LogP contribution in [0.25, 0.3) is 0 Å². The lowest BCUT2D eigenvalue weighted by Gasteiger charge is -2.48. The number of anilines is 9. The van der Waals surface area contributed by atoms with E-state index >= 15 is 0 Å². The molecule has 5 saturated heterocycles. The van der Waals surface area contributed by atoms with Gasteiger partial charge in [0.05, 0.1) is 50.2 Å². The summed E-state index contributed by atoms with van der Waals surface area (Å²) in [5, 5.41) is 58.4. The first kappa shape index (κ1) is 98.3. The molecule has 3 saturated carbocycles. The van der Waals surface area contributed by atoms with E-state index in [2.05, 4.69) is 117 Å². The number of piperidine rings is 3. The highest BCUT2D eigenvalue weighted by atomic mass is 35.5. The fraction of sp³-hybridized carbons (Fsp3) is 0.386. The van der Waals surface area contributed by atoms with E-state index in [0.717, 1.165) is 143 Å². The lowest BCUT2D eigenvalue weighted by molar-refractivity contribution is 0.0940. The SMILES string of the molecule is CN(C)c1ccc(CNc2nc(N3CC4CC4C3)ncc2C(=O)NCc2ncccn2)cc1Cl.O=C(NCc1ccccc1)c1cnc(N2CCC3(CNC3)C2)nc1NCc1ccc(CO)c(Cl)c1.O=C(NCc1ncccn1)c1cnc(N2CCC3(CC2)CC3)nc1NCc1ccc(CO)c(Cl)c1.O=C(NCc1ncccn1)c1cnc(N2CCC3(CCC3)CC2)nc1NCc1ccc(CO)c(Cl)c1. The molecule has 7 aromatic heterocycles. The van der Waals surface area contributed by atoms with Crippen LogP contribution in [0.4, 0.5) is 52.8 Å². The van der Waals surface area contributed by atoms with Gasteiger partial charge in [0.2, 0.25) is 23.8 Å². The van der Waals surface area contributed by atoms with Crippen LogP contribution in [0.2, 0.25) is 20.1 Å². The normalized spacial score (nSPS) is 16.8. The second-order valence-corrected chi connectivity index (χ2v) is 38.7. The summed E-state index contributed by atoms with van der Waals surface area (Å²) in [5.41, 5.74) is 10.6. The van der Waals surface area contributed by atoms with Gasteiger partial charge in [-0.1, -0.05) is 126 Å². The van der Waals surface area contributed by atoms with Crippen molar-refractivity contribution in [2.45, 2.75) is 143 Å². The van der Waals surface area contributed by atoms with E-state index < -0.39 is 0 Å². The molecule has 3 spiro atoms. The van der Waals surface area contributed by atoms with Crippen molar-refractivity contribution in [1.29, 1.82) is 0 Å². The minimum atomic E-state index is -0.309. The lowest BCUT2D eigenvalue weighted by Crippen LogP contribution is -2.54. The largest absolute Gasteiger partial charge is 0.392 e. The Kier molecular flexibility index (Phi) is 32.2. The Bertz CT molecular complexity index is 6290. The van der Waals surface area contributed by atoms with Gasteiger partial charge in [-0.2, -0.15) is 19.9 Å². The smallest absolute Gasteiger partial charge is 0.256 e. The molecule has 3 aliphatic carbocycles. The van der Waals surface area contributed by atoms with E-state index in [0.29, 0.717) is 173 Å². The molecule has 0 bridgehead atoms. The van der Waals surface area contributed by atoms with Gasteiger partial charge >= 0.3 is 0 Å². The summed E-state index contributed by atoms with van der Waals surface area (Å²) >= 11 is 25.2. The van der Waals surface area contributed by atoms with Gasteiger partial charge in [0.25, 0.3) is 23.6 Å². The summed E-state index contributed by atoms with van der Waals surface area (Å²) < 4.78 is 0. The monoisotopic (exact) mass is 1970 g/mol. The van der Waals surface area contributed by atoms with Crippen LogP contribution in [0.3, 0.4) is 0 Å². The molecule has 0 radical (unpaired) electrons. The highest BCUT2D eigenvalue weighted by Gasteiger charge is 2.48. The zero-order valence-electron chi connectivity index (χ0n) is 78.1. The second-order valence-electron chi connectivity index (χ2n) is 37.1. The molecule has 8 fully saturated rings. The zero-order chi connectivity index (χ0) is 97.1. The highest BCUT2D eigenvalue weighted by Crippen LogP contribution is 2.54. The third-order valence-electron chi connectivity index (χ3n) is 27.2. The van der Waals surface area contributed by atoms with Gasteiger partial charge in [0.1, 0.15) is 63.0 Å². The fourth-order valence-electron chi connectivity index (χ4n) is 18.1. The quantitative estimate of drug-likeness (QED) is 0.0186. The van der Waals surface area contributed by atoms with E-state index in [1.807, 2.05) is 91.8 Å².